The predicted octanol–water partition coefficient (Wildman–Crippen LogP) is 3.23. The first kappa shape index (κ1) is 19.2. The van der Waals surface area contributed by atoms with Gasteiger partial charge in [0.05, 0.1) is 17.0 Å². The lowest BCUT2D eigenvalue weighted by atomic mass is 10.2. The van der Waals surface area contributed by atoms with Crippen molar-refractivity contribution < 1.29 is 14.3 Å². The maximum Gasteiger partial charge on any atom is 0.348 e. The van der Waals surface area contributed by atoms with E-state index in [9.17, 15) is 9.59 Å². The number of thiophene rings is 1. The molecule has 0 unspecified atom stereocenters. The van der Waals surface area contributed by atoms with Crippen LogP contribution in [0, 0.1) is 6.92 Å². The molecule has 0 atom stereocenters. The summed E-state index contributed by atoms with van der Waals surface area (Å²) in [6.07, 6.45) is 4.95. The van der Waals surface area contributed by atoms with Crippen molar-refractivity contribution in [1.29, 1.82) is 0 Å². The molecule has 9 heteroatoms. The van der Waals surface area contributed by atoms with E-state index in [1.54, 1.807) is 31.5 Å². The minimum absolute atomic E-state index is 0.137. The molecule has 1 N–H and O–H groups in total. The minimum Gasteiger partial charge on any atom is -0.459 e. The summed E-state index contributed by atoms with van der Waals surface area (Å²) in [6, 6.07) is 3.61. The van der Waals surface area contributed by atoms with Crippen LogP contribution in [0.15, 0.2) is 29.3 Å². The highest BCUT2D eigenvalue weighted by atomic mass is 35.5. The summed E-state index contributed by atoms with van der Waals surface area (Å²) in [5.41, 5.74) is 0.942. The van der Waals surface area contributed by atoms with Crippen LogP contribution in [0.3, 0.4) is 0 Å². The lowest BCUT2D eigenvalue weighted by molar-refractivity contribution is 0.0393. The van der Waals surface area contributed by atoms with Crippen molar-refractivity contribution >= 4 is 50.2 Å². The smallest absolute Gasteiger partial charge is 0.348 e. The van der Waals surface area contributed by atoms with Gasteiger partial charge in [-0.05, 0) is 30.2 Å². The molecule has 0 aliphatic heterocycles. The highest BCUT2D eigenvalue weighted by Crippen LogP contribution is 2.29. The number of H-pyrrole nitrogens is 1. The number of nitrogens with zero attached hydrogens (tertiary/aromatic N) is 2. The molecule has 3 rings (SSSR count). The summed E-state index contributed by atoms with van der Waals surface area (Å²) < 4.78 is 10.00. The molecular weight excluding hydrogens is 390 g/mol. The zero-order valence-corrected chi connectivity index (χ0v) is 16.2. The molecule has 0 aromatic carbocycles. The zero-order valence-electron chi connectivity index (χ0n) is 14.6. The maximum absolute atomic E-state index is 12.5. The Kier molecular flexibility index (Phi) is 6.00. The van der Waals surface area contributed by atoms with Crippen LogP contribution in [0.25, 0.3) is 21.3 Å². The normalized spacial score (nSPS) is 11.7. The Hall–Kier alpha value is -2.55. The van der Waals surface area contributed by atoms with Crippen molar-refractivity contribution in [2.75, 3.05) is 20.3 Å². The van der Waals surface area contributed by atoms with Gasteiger partial charge in [-0.1, -0.05) is 17.7 Å². The van der Waals surface area contributed by atoms with Crippen molar-refractivity contribution in [3.05, 3.63) is 56.7 Å². The Morgan fingerprint density at radius 1 is 1.41 bits per heavy atom. The topological polar surface area (TPSA) is 94.2 Å². The molecule has 0 fully saturated rings. The average molecular weight is 406 g/mol. The Labute approximate surface area is 163 Å². The zero-order chi connectivity index (χ0) is 19.4. The quantitative estimate of drug-likeness (QED) is 0.499. The van der Waals surface area contributed by atoms with Gasteiger partial charge in [-0.3, -0.25) is 9.78 Å². The third-order valence-electron chi connectivity index (χ3n) is 3.71. The number of methoxy groups -OCH3 is 1. The van der Waals surface area contributed by atoms with Gasteiger partial charge in [0, 0.05) is 19.5 Å². The third kappa shape index (κ3) is 4.24. The Morgan fingerprint density at radius 2 is 2.22 bits per heavy atom. The largest absolute Gasteiger partial charge is 0.459 e. The lowest BCUT2D eigenvalue weighted by Crippen LogP contribution is -2.11. The molecule has 0 bridgehead atoms. The van der Waals surface area contributed by atoms with Crippen molar-refractivity contribution in [2.24, 2.45) is 0 Å². The molecule has 0 radical (unpaired) electrons. The van der Waals surface area contributed by atoms with Crippen LogP contribution in [0.4, 0.5) is 0 Å². The first-order valence-corrected chi connectivity index (χ1v) is 9.17. The van der Waals surface area contributed by atoms with Crippen LogP contribution in [0.5, 0.6) is 0 Å². The molecule has 0 spiro atoms. The van der Waals surface area contributed by atoms with E-state index in [1.807, 2.05) is 6.07 Å². The number of aromatic nitrogens is 3. The number of rotatable bonds is 6. The fourth-order valence-electron chi connectivity index (χ4n) is 2.41. The monoisotopic (exact) mass is 405 g/mol. The highest BCUT2D eigenvalue weighted by molar-refractivity contribution is 7.20. The SMILES string of the molecule is COCCOC(=O)c1sc2nc(/C(Cl)=C/c3cccnc3)[nH]c(=O)c2c1C. The van der Waals surface area contributed by atoms with Gasteiger partial charge in [-0.15, -0.1) is 11.3 Å². The predicted molar refractivity (Wildman–Crippen MR) is 105 cm³/mol. The maximum atomic E-state index is 12.5. The van der Waals surface area contributed by atoms with Gasteiger partial charge in [0.25, 0.3) is 5.56 Å². The number of carbonyl (C=O) groups excluding carboxylic acids is 1. The summed E-state index contributed by atoms with van der Waals surface area (Å²) in [4.78, 5) is 36.6. The second-order valence-corrected chi connectivity index (χ2v) is 6.96. The second-order valence-electron chi connectivity index (χ2n) is 5.56. The molecule has 0 aliphatic carbocycles. The number of aromatic amines is 1. The summed E-state index contributed by atoms with van der Waals surface area (Å²) in [6.45, 7) is 2.13. The number of esters is 1. The van der Waals surface area contributed by atoms with E-state index in [4.69, 9.17) is 21.1 Å². The summed E-state index contributed by atoms with van der Waals surface area (Å²) in [7, 11) is 1.52. The minimum atomic E-state index is -0.509. The van der Waals surface area contributed by atoms with Crippen molar-refractivity contribution in [3.63, 3.8) is 0 Å². The average Bonchev–Trinajstić information content (AvgIpc) is 3.00. The molecule has 0 amide bonds. The number of pyridine rings is 1. The van der Waals surface area contributed by atoms with Gasteiger partial charge in [0.2, 0.25) is 0 Å². The van der Waals surface area contributed by atoms with E-state index >= 15 is 0 Å². The summed E-state index contributed by atoms with van der Waals surface area (Å²) >= 11 is 7.40. The van der Waals surface area contributed by atoms with Gasteiger partial charge < -0.3 is 14.5 Å². The number of ether oxygens (including phenoxy) is 2. The van der Waals surface area contributed by atoms with Crippen LogP contribution in [-0.2, 0) is 9.47 Å². The van der Waals surface area contributed by atoms with E-state index in [2.05, 4.69) is 15.0 Å². The molecule has 7 nitrogen and oxygen atoms in total. The molecule has 27 heavy (non-hydrogen) atoms. The summed E-state index contributed by atoms with van der Waals surface area (Å²) in [5.74, 6) is -0.288. The molecular formula is C18H16ClN3O4S. The number of halogens is 1. The van der Waals surface area contributed by atoms with Gasteiger partial charge in [-0.2, -0.15) is 0 Å². The second kappa shape index (κ2) is 8.43. The molecule has 3 heterocycles. The number of carbonyl (C=O) groups is 1. The number of aryl methyl sites for hydroxylation is 1. The Bertz CT molecular complexity index is 1060. The molecule has 0 saturated heterocycles. The number of hydrogen-bond donors (Lipinski definition) is 1. The van der Waals surface area contributed by atoms with E-state index in [0.717, 1.165) is 16.9 Å². The molecule has 140 valence electrons. The molecule has 3 aromatic rings. The molecule has 0 saturated carbocycles. The van der Waals surface area contributed by atoms with E-state index < -0.39 is 5.97 Å². The van der Waals surface area contributed by atoms with Gasteiger partial charge in [-0.25, -0.2) is 9.78 Å². The highest BCUT2D eigenvalue weighted by Gasteiger charge is 2.20. The van der Waals surface area contributed by atoms with Gasteiger partial charge in [0.1, 0.15) is 16.3 Å². The van der Waals surface area contributed by atoms with Crippen LogP contribution in [0.1, 0.15) is 26.6 Å². The van der Waals surface area contributed by atoms with Crippen LogP contribution in [-0.4, -0.2) is 41.2 Å². The van der Waals surface area contributed by atoms with Crippen molar-refractivity contribution in [1.82, 2.24) is 15.0 Å². The summed E-state index contributed by atoms with van der Waals surface area (Å²) in [5, 5.41) is 0.616. The van der Waals surface area contributed by atoms with Crippen molar-refractivity contribution in [3.8, 4) is 0 Å². The van der Waals surface area contributed by atoms with E-state index in [-0.39, 0.29) is 23.0 Å². The first-order valence-electron chi connectivity index (χ1n) is 7.98. The lowest BCUT2D eigenvalue weighted by Gasteiger charge is -2.02. The molecule has 0 aliphatic rings. The van der Waals surface area contributed by atoms with Crippen LogP contribution in [0.2, 0.25) is 0 Å². The fourth-order valence-corrected chi connectivity index (χ4v) is 3.70. The fraction of sp³-hybridized carbons (Fsp3) is 0.222. The number of fused-ring (bicyclic) bond motifs is 1. The van der Waals surface area contributed by atoms with E-state index in [1.165, 1.54) is 7.11 Å². The third-order valence-corrected chi connectivity index (χ3v) is 5.16. The van der Waals surface area contributed by atoms with Gasteiger partial charge >= 0.3 is 5.97 Å². The standard InChI is InChI=1S/C18H16ClN3O4S/c1-10-13-16(23)21-15(12(19)8-11-4-3-5-20-9-11)22-17(13)27-14(10)18(24)26-7-6-25-2/h3-5,8-9H,6-7H2,1-2H3,(H,21,22,23)/b12-8-. The van der Waals surface area contributed by atoms with E-state index in [0.29, 0.717) is 27.3 Å². The van der Waals surface area contributed by atoms with Crippen LogP contribution < -0.4 is 5.56 Å². The molecule has 3 aromatic heterocycles. The Balaban J connectivity index is 1.98. The van der Waals surface area contributed by atoms with Crippen molar-refractivity contribution in [2.45, 2.75) is 6.92 Å². The van der Waals surface area contributed by atoms with Gasteiger partial charge in [0.15, 0.2) is 5.82 Å². The Morgan fingerprint density at radius 3 is 2.93 bits per heavy atom. The number of nitrogens with one attached hydrogen (secondary N) is 1. The number of hydrogen-bond acceptors (Lipinski definition) is 7. The first-order chi connectivity index (χ1) is 13.0. The van der Waals surface area contributed by atoms with Crippen LogP contribution >= 0.6 is 22.9 Å².